The molecule has 3 amide bonds. The minimum Gasteiger partial charge on any atom is -0.543 e. The Morgan fingerprint density at radius 2 is 1.92 bits per heavy atom. The molecule has 14 heteroatoms. The van der Waals surface area contributed by atoms with Crippen molar-refractivity contribution in [2.75, 3.05) is 12.4 Å². The number of nitrogens with one attached hydrogen (secondary N) is 2. The minimum absolute atomic E-state index is 0. The predicted octanol–water partition coefficient (Wildman–Crippen LogP) is -3.46. The minimum atomic E-state index is -1.60. The molecule has 0 radical (unpaired) electrons. The molecule has 1 saturated heterocycles. The van der Waals surface area contributed by atoms with E-state index in [9.17, 15) is 34.2 Å². The van der Waals surface area contributed by atoms with Gasteiger partial charge in [0.2, 0.25) is 5.91 Å². The number of rotatable bonds is 8. The van der Waals surface area contributed by atoms with Crippen LogP contribution in [-0.4, -0.2) is 68.4 Å². The van der Waals surface area contributed by atoms with Crippen LogP contribution < -0.4 is 45.3 Å². The summed E-state index contributed by atoms with van der Waals surface area (Å²) in [6, 6.07) is 5.97. The summed E-state index contributed by atoms with van der Waals surface area (Å²) < 4.78 is 4.89. The molecule has 1 fully saturated rings. The number of aromatic nitrogens is 1. The van der Waals surface area contributed by atoms with Gasteiger partial charge in [0.15, 0.2) is 0 Å². The van der Waals surface area contributed by atoms with E-state index in [1.807, 2.05) is 0 Å². The van der Waals surface area contributed by atoms with Crippen molar-refractivity contribution in [3.63, 3.8) is 0 Å². The summed E-state index contributed by atoms with van der Waals surface area (Å²) in [5.41, 5.74) is 0.480. The van der Waals surface area contributed by atoms with E-state index < -0.39 is 47.1 Å². The Morgan fingerprint density at radius 3 is 2.56 bits per heavy atom. The fourth-order valence-electron chi connectivity index (χ4n) is 4.09. The molecule has 2 aromatic rings. The van der Waals surface area contributed by atoms with Crippen LogP contribution in [0.3, 0.4) is 0 Å². The summed E-state index contributed by atoms with van der Waals surface area (Å²) in [6.07, 6.45) is 2.56. The number of amides is 3. The molecule has 2 aliphatic heterocycles. The zero-order valence-corrected chi connectivity index (χ0v) is 24.1. The van der Waals surface area contributed by atoms with Crippen molar-refractivity contribution in [3.8, 4) is 5.75 Å². The van der Waals surface area contributed by atoms with Crippen molar-refractivity contribution >= 4 is 41.4 Å². The van der Waals surface area contributed by atoms with Crippen LogP contribution in [0.25, 0.3) is 0 Å². The molecule has 1 aromatic heterocycles. The second-order valence-corrected chi connectivity index (χ2v) is 9.69. The maximum absolute atomic E-state index is 13.4. The van der Waals surface area contributed by atoms with Gasteiger partial charge >= 0.3 is 35.5 Å². The molecule has 3 heterocycles. The number of carboxylic acids is 1. The number of β-lactam (4-membered cyclic amide) rings is 1. The Bertz CT molecular complexity index is 1350. The number of nitrogens with zero attached hydrogens (tertiary/aromatic N) is 2. The van der Waals surface area contributed by atoms with Crippen LogP contribution in [-0.2, 0) is 23.9 Å². The predicted molar refractivity (Wildman–Crippen MR) is 131 cm³/mol. The monoisotopic (exact) mass is 562 g/mol. The van der Waals surface area contributed by atoms with Gasteiger partial charge in [-0.1, -0.05) is 30.3 Å². The van der Waals surface area contributed by atoms with Crippen molar-refractivity contribution in [2.24, 2.45) is 0 Å². The number of hydrogen-bond donors (Lipinski definition) is 3. The van der Waals surface area contributed by atoms with Gasteiger partial charge in [0, 0.05) is 36.2 Å². The average Bonchev–Trinajstić information content (AvgIpc) is 2.90. The second kappa shape index (κ2) is 12.6. The number of aliphatic carboxylic acids is 1. The summed E-state index contributed by atoms with van der Waals surface area (Å²) in [5.74, 6) is -4.51. The summed E-state index contributed by atoms with van der Waals surface area (Å²) in [4.78, 5) is 67.1. The first-order valence-corrected chi connectivity index (χ1v) is 12.5. The first-order valence-electron chi connectivity index (χ1n) is 11.4. The molecule has 1 unspecified atom stereocenters. The maximum atomic E-state index is 13.4. The third-order valence-corrected chi connectivity index (χ3v) is 7.34. The number of carbonyl (C=O) groups is 5. The number of thioether (sulfide) groups is 1. The van der Waals surface area contributed by atoms with Gasteiger partial charge in [0.1, 0.15) is 29.8 Å². The largest absolute Gasteiger partial charge is 1.00 e. The average molecular weight is 563 g/mol. The van der Waals surface area contributed by atoms with Gasteiger partial charge in [-0.25, -0.2) is 0 Å². The van der Waals surface area contributed by atoms with Gasteiger partial charge in [-0.05, 0) is 12.5 Å². The quantitative estimate of drug-likeness (QED) is 0.166. The number of carbonyl (C=O) groups excluding carboxylic acids is 5. The Balaban J connectivity index is 0.00000420. The van der Waals surface area contributed by atoms with E-state index in [1.54, 1.807) is 37.3 Å². The van der Waals surface area contributed by atoms with Crippen LogP contribution >= 0.6 is 11.8 Å². The molecular formula is C25H23N4NaO8S. The summed E-state index contributed by atoms with van der Waals surface area (Å²) >= 11 is 1.19. The van der Waals surface area contributed by atoms with Crippen molar-refractivity contribution in [3.05, 3.63) is 70.7 Å². The van der Waals surface area contributed by atoms with Crippen LogP contribution in [0.15, 0.2) is 54.0 Å². The molecule has 0 saturated carbocycles. The zero-order chi connectivity index (χ0) is 27.6. The van der Waals surface area contributed by atoms with Crippen molar-refractivity contribution < 1.29 is 68.5 Å². The van der Waals surface area contributed by atoms with Gasteiger partial charge in [0.25, 0.3) is 11.8 Å². The molecular weight excluding hydrogens is 539 g/mol. The normalized spacial score (nSPS) is 18.6. The van der Waals surface area contributed by atoms with E-state index in [-0.39, 0.29) is 64.5 Å². The van der Waals surface area contributed by atoms with Gasteiger partial charge in [-0.15, -0.1) is 11.8 Å². The maximum Gasteiger partial charge on any atom is 1.00 e. The SMILES string of the molecule is CC(=O)OCC1=C(C(=O)[O-])N2C(=O)[C@@H](NC(=O)C(NC(=O)c3cncc(C)c3O)c3ccccc3)[C@H]2SC1.[Na+]. The smallest absolute Gasteiger partial charge is 0.543 e. The Morgan fingerprint density at radius 1 is 1.23 bits per heavy atom. The molecule has 0 aliphatic carbocycles. The van der Waals surface area contributed by atoms with E-state index >= 15 is 0 Å². The molecule has 2 aliphatic rings. The standard InChI is InChI=1S/C25H24N4O8S.Na/c1-12-8-26-9-16(20(12)31)21(32)27-17(14-6-4-3-5-7-14)22(33)28-18-23(34)29-19(25(35)36)15(10-37-13(2)30)11-38-24(18)29;/h3-9,17-18,24H,10-11H2,1-2H3,(H,26,31)(H,27,32)(H,28,33)(H,35,36);/q;+1/p-1/t17?,18-,24-;/m1./s1. The molecule has 0 spiro atoms. The van der Waals surface area contributed by atoms with Gasteiger partial charge in [-0.3, -0.25) is 29.1 Å². The van der Waals surface area contributed by atoms with Crippen molar-refractivity contribution in [1.82, 2.24) is 20.5 Å². The number of carboxylic acid groups (broad SMARTS) is 1. The van der Waals surface area contributed by atoms with E-state index in [4.69, 9.17) is 4.74 Å². The van der Waals surface area contributed by atoms with Crippen molar-refractivity contribution in [1.29, 1.82) is 0 Å². The van der Waals surface area contributed by atoms with E-state index in [0.29, 0.717) is 11.1 Å². The van der Waals surface area contributed by atoms with Crippen LogP contribution in [0, 0.1) is 6.92 Å². The Hall–Kier alpha value is -3.39. The number of fused-ring (bicyclic) bond motifs is 1. The number of ether oxygens (including phenoxy) is 1. The number of hydrogen-bond acceptors (Lipinski definition) is 10. The molecule has 198 valence electrons. The Labute approximate surface area is 249 Å². The molecule has 39 heavy (non-hydrogen) atoms. The topological polar surface area (TPSA) is 178 Å². The van der Waals surface area contributed by atoms with Crippen LogP contribution in [0.5, 0.6) is 5.75 Å². The number of esters is 1. The molecule has 4 rings (SSSR count). The number of pyridine rings is 1. The first kappa shape index (κ1) is 30.2. The first-order chi connectivity index (χ1) is 18.1. The zero-order valence-electron chi connectivity index (χ0n) is 21.3. The molecule has 12 nitrogen and oxygen atoms in total. The van der Waals surface area contributed by atoms with E-state index in [0.717, 1.165) is 4.90 Å². The summed E-state index contributed by atoms with van der Waals surface area (Å²) in [5, 5.41) is 26.5. The van der Waals surface area contributed by atoms with Gasteiger partial charge in [0.05, 0.1) is 17.2 Å². The van der Waals surface area contributed by atoms with Crippen LogP contribution in [0.4, 0.5) is 0 Å². The van der Waals surface area contributed by atoms with Crippen molar-refractivity contribution in [2.45, 2.75) is 31.3 Å². The summed E-state index contributed by atoms with van der Waals surface area (Å²) in [7, 11) is 0. The number of aromatic hydroxyl groups is 1. The number of benzene rings is 1. The third kappa shape index (κ3) is 6.27. The molecule has 3 N–H and O–H groups in total. The molecule has 1 aromatic carbocycles. The van der Waals surface area contributed by atoms with E-state index in [1.165, 1.54) is 31.1 Å². The fourth-order valence-corrected chi connectivity index (χ4v) is 5.41. The number of aryl methyl sites for hydroxylation is 1. The Kier molecular flexibility index (Phi) is 9.78. The van der Waals surface area contributed by atoms with Crippen LogP contribution in [0.2, 0.25) is 0 Å². The van der Waals surface area contributed by atoms with Gasteiger partial charge in [-0.2, -0.15) is 0 Å². The molecule has 0 bridgehead atoms. The van der Waals surface area contributed by atoms with Gasteiger partial charge < -0.3 is 30.4 Å². The third-order valence-electron chi connectivity index (χ3n) is 6.00. The molecule has 3 atom stereocenters. The van der Waals surface area contributed by atoms with Crippen LogP contribution in [0.1, 0.15) is 34.5 Å². The summed E-state index contributed by atoms with van der Waals surface area (Å²) in [6.45, 7) is 2.45. The second-order valence-electron chi connectivity index (χ2n) is 8.59. The van der Waals surface area contributed by atoms with E-state index in [2.05, 4.69) is 15.6 Å². The fraction of sp³-hybridized carbons (Fsp3) is 0.280.